The zero-order chi connectivity index (χ0) is 23.5. The molecule has 0 spiro atoms. The number of nitrogens with one attached hydrogen (secondary N) is 1. The van der Waals surface area contributed by atoms with E-state index in [1.54, 1.807) is 0 Å². The Morgan fingerprint density at radius 1 is 1.28 bits per heavy atom. The fourth-order valence-electron chi connectivity index (χ4n) is 3.52. The predicted octanol–water partition coefficient (Wildman–Crippen LogP) is 5.00. The summed E-state index contributed by atoms with van der Waals surface area (Å²) >= 11 is 3.59. The highest BCUT2D eigenvalue weighted by Crippen LogP contribution is 2.26. The molecule has 10 heteroatoms. The molecule has 0 bridgehead atoms. The fourth-order valence-corrected chi connectivity index (χ4v) is 4.80. The van der Waals surface area contributed by atoms with Crippen LogP contribution in [0, 0.1) is 0 Å². The van der Waals surface area contributed by atoms with Crippen molar-refractivity contribution in [3.8, 4) is 0 Å². The second-order valence-corrected chi connectivity index (χ2v) is 17.1. The van der Waals surface area contributed by atoms with Crippen LogP contribution in [0.5, 0.6) is 0 Å². The molecular formula is C22H36BrN5O3Si. The number of piperidine rings is 1. The molecule has 1 fully saturated rings. The minimum absolute atomic E-state index is 0.107. The summed E-state index contributed by atoms with van der Waals surface area (Å²) in [5.41, 5.74) is 1.16. The summed E-state index contributed by atoms with van der Waals surface area (Å²) in [5.74, 6) is 0.849. The molecule has 178 valence electrons. The summed E-state index contributed by atoms with van der Waals surface area (Å²) in [6, 6.07) is 1.24. The standard InChI is InChI=1S/C22H36BrN5O3Si/c1-22(2,3)31-21(29)25-16-7-9-27(10-8-16)18-13-24-19-17(23)14-28(20(19)26-18)15-30-11-12-32(4,5)6/h13-14,16H,7-12,15H2,1-6H3,(H,25,29). The van der Waals surface area contributed by atoms with E-state index < -0.39 is 13.7 Å². The SMILES string of the molecule is CC(C)(C)OC(=O)NC1CCN(c2cnc3c(Br)cn(COCC[Si](C)(C)C)c3n2)CC1. The number of amides is 1. The Hall–Kier alpha value is -1.65. The van der Waals surface area contributed by atoms with Gasteiger partial charge in [0.15, 0.2) is 5.65 Å². The molecule has 3 rings (SSSR count). The molecule has 0 saturated carbocycles. The molecule has 1 amide bonds. The van der Waals surface area contributed by atoms with Gasteiger partial charge in [0.25, 0.3) is 0 Å². The first-order chi connectivity index (χ1) is 14.9. The number of alkyl carbamates (subject to hydrolysis) is 1. The van der Waals surface area contributed by atoms with Gasteiger partial charge < -0.3 is 24.3 Å². The lowest BCUT2D eigenvalue weighted by atomic mass is 10.1. The maximum absolute atomic E-state index is 12.0. The van der Waals surface area contributed by atoms with Gasteiger partial charge in [0.05, 0.1) is 10.7 Å². The molecule has 1 aliphatic heterocycles. The highest BCUT2D eigenvalue weighted by Gasteiger charge is 2.25. The predicted molar refractivity (Wildman–Crippen MR) is 134 cm³/mol. The molecule has 1 N–H and O–H groups in total. The van der Waals surface area contributed by atoms with E-state index in [-0.39, 0.29) is 12.1 Å². The van der Waals surface area contributed by atoms with Crippen LogP contribution in [0.2, 0.25) is 25.7 Å². The molecule has 32 heavy (non-hydrogen) atoms. The molecule has 0 radical (unpaired) electrons. The van der Waals surface area contributed by atoms with Gasteiger partial charge in [-0.1, -0.05) is 19.6 Å². The van der Waals surface area contributed by atoms with E-state index in [0.717, 1.165) is 60.0 Å². The zero-order valence-corrected chi connectivity index (χ0v) is 22.7. The van der Waals surface area contributed by atoms with E-state index in [4.69, 9.17) is 14.5 Å². The van der Waals surface area contributed by atoms with Crippen molar-refractivity contribution in [2.24, 2.45) is 0 Å². The van der Waals surface area contributed by atoms with Crippen LogP contribution in [0.3, 0.4) is 0 Å². The number of aromatic nitrogens is 3. The summed E-state index contributed by atoms with van der Waals surface area (Å²) in [4.78, 5) is 23.8. The average molecular weight is 527 g/mol. The Kier molecular flexibility index (Phi) is 7.88. The lowest BCUT2D eigenvalue weighted by molar-refractivity contribution is 0.0497. The Morgan fingerprint density at radius 2 is 1.97 bits per heavy atom. The quantitative estimate of drug-likeness (QED) is 0.404. The number of rotatable bonds is 7. The molecular weight excluding hydrogens is 490 g/mol. The molecule has 0 aliphatic carbocycles. The van der Waals surface area contributed by atoms with E-state index in [1.165, 1.54) is 0 Å². The first-order valence-electron chi connectivity index (χ1n) is 11.2. The fraction of sp³-hybridized carbons (Fsp3) is 0.682. The molecule has 8 nitrogen and oxygen atoms in total. The number of fused-ring (bicyclic) bond motifs is 1. The van der Waals surface area contributed by atoms with Gasteiger partial charge in [-0.3, -0.25) is 0 Å². The van der Waals surface area contributed by atoms with Crippen molar-refractivity contribution in [3.63, 3.8) is 0 Å². The summed E-state index contributed by atoms with van der Waals surface area (Å²) in [6.07, 6.45) is 5.13. The Bertz CT molecular complexity index is 930. The van der Waals surface area contributed by atoms with Crippen LogP contribution in [0.15, 0.2) is 16.9 Å². The first kappa shape index (κ1) is 25.0. The third-order valence-corrected chi connectivity index (χ3v) is 7.56. The monoisotopic (exact) mass is 525 g/mol. The van der Waals surface area contributed by atoms with Crippen LogP contribution in [0.1, 0.15) is 33.6 Å². The van der Waals surface area contributed by atoms with Crippen LogP contribution >= 0.6 is 15.9 Å². The third kappa shape index (κ3) is 7.18. The molecule has 1 aliphatic rings. The van der Waals surface area contributed by atoms with Crippen molar-refractivity contribution in [1.82, 2.24) is 19.9 Å². The number of carbonyl (C=O) groups excluding carboxylic acids is 1. The second kappa shape index (κ2) is 10.1. The topological polar surface area (TPSA) is 81.5 Å². The highest BCUT2D eigenvalue weighted by molar-refractivity contribution is 9.10. The maximum atomic E-state index is 12.0. The molecule has 2 aromatic heterocycles. The zero-order valence-electron chi connectivity index (χ0n) is 20.1. The van der Waals surface area contributed by atoms with Crippen molar-refractivity contribution in [2.75, 3.05) is 24.6 Å². The minimum Gasteiger partial charge on any atom is -0.444 e. The lowest BCUT2D eigenvalue weighted by Crippen LogP contribution is -2.46. The molecule has 1 saturated heterocycles. The van der Waals surface area contributed by atoms with Gasteiger partial charge in [0.2, 0.25) is 0 Å². The van der Waals surface area contributed by atoms with Crippen LogP contribution in [-0.4, -0.2) is 60.0 Å². The van der Waals surface area contributed by atoms with Gasteiger partial charge in [-0.15, -0.1) is 0 Å². The van der Waals surface area contributed by atoms with E-state index >= 15 is 0 Å². The van der Waals surface area contributed by atoms with Gasteiger partial charge in [-0.05, 0) is 55.6 Å². The van der Waals surface area contributed by atoms with Crippen molar-refractivity contribution >= 4 is 47.1 Å². The van der Waals surface area contributed by atoms with Crippen LogP contribution in [-0.2, 0) is 16.2 Å². The summed E-state index contributed by atoms with van der Waals surface area (Å²) in [6.45, 7) is 15.5. The third-order valence-electron chi connectivity index (χ3n) is 5.28. The number of halogens is 1. The summed E-state index contributed by atoms with van der Waals surface area (Å²) < 4.78 is 14.2. The van der Waals surface area contributed by atoms with Crippen LogP contribution < -0.4 is 10.2 Å². The van der Waals surface area contributed by atoms with Gasteiger partial charge >= 0.3 is 6.09 Å². The van der Waals surface area contributed by atoms with E-state index in [9.17, 15) is 4.79 Å². The van der Waals surface area contributed by atoms with Crippen molar-refractivity contribution < 1.29 is 14.3 Å². The smallest absolute Gasteiger partial charge is 0.407 e. The van der Waals surface area contributed by atoms with Crippen LogP contribution in [0.25, 0.3) is 11.2 Å². The van der Waals surface area contributed by atoms with Crippen molar-refractivity contribution in [2.45, 2.75) is 77.7 Å². The largest absolute Gasteiger partial charge is 0.444 e. The van der Waals surface area contributed by atoms with Crippen molar-refractivity contribution in [1.29, 1.82) is 0 Å². The first-order valence-corrected chi connectivity index (χ1v) is 15.7. The average Bonchev–Trinajstić information content (AvgIpc) is 2.99. The van der Waals surface area contributed by atoms with Crippen molar-refractivity contribution in [3.05, 3.63) is 16.9 Å². The Balaban J connectivity index is 1.60. The number of anilines is 1. The lowest BCUT2D eigenvalue weighted by Gasteiger charge is -2.33. The number of ether oxygens (including phenoxy) is 2. The Morgan fingerprint density at radius 3 is 2.59 bits per heavy atom. The summed E-state index contributed by atoms with van der Waals surface area (Å²) in [7, 11) is -1.12. The molecule has 0 unspecified atom stereocenters. The number of nitrogens with zero attached hydrogens (tertiary/aromatic N) is 4. The Labute approximate surface area is 200 Å². The molecule has 0 atom stereocenters. The van der Waals surface area contributed by atoms with Crippen LogP contribution in [0.4, 0.5) is 10.6 Å². The van der Waals surface area contributed by atoms with Gasteiger partial charge in [-0.2, -0.15) is 0 Å². The normalized spacial score (nSPS) is 15.9. The molecule has 3 heterocycles. The van der Waals surface area contributed by atoms with Gasteiger partial charge in [-0.25, -0.2) is 14.8 Å². The minimum atomic E-state index is -1.12. The van der Waals surface area contributed by atoms with E-state index in [2.05, 4.69) is 50.8 Å². The summed E-state index contributed by atoms with van der Waals surface area (Å²) in [5, 5.41) is 2.98. The van der Waals surface area contributed by atoms with E-state index in [0.29, 0.717) is 6.73 Å². The number of hydrogen-bond acceptors (Lipinski definition) is 6. The highest BCUT2D eigenvalue weighted by atomic mass is 79.9. The number of hydrogen-bond donors (Lipinski definition) is 1. The molecule has 2 aromatic rings. The van der Waals surface area contributed by atoms with Gasteiger partial charge in [0, 0.05) is 40.0 Å². The maximum Gasteiger partial charge on any atom is 0.407 e. The van der Waals surface area contributed by atoms with Gasteiger partial charge in [0.1, 0.15) is 23.7 Å². The molecule has 0 aromatic carbocycles. The second-order valence-electron chi connectivity index (χ2n) is 10.6. The van der Waals surface area contributed by atoms with E-state index in [1.807, 2.05) is 37.7 Å². The number of carbonyl (C=O) groups is 1.